The van der Waals surface area contributed by atoms with Crippen LogP contribution in [0.3, 0.4) is 0 Å². The number of benzene rings is 4. The number of hydrogen-bond acceptors (Lipinski definition) is 8. The summed E-state index contributed by atoms with van der Waals surface area (Å²) in [5.41, 5.74) is 4.34. The van der Waals surface area contributed by atoms with Gasteiger partial charge in [-0.1, -0.05) is 72.3 Å². The topological polar surface area (TPSA) is 92.9 Å². The smallest absolute Gasteiger partial charge is 0.226 e. The second-order valence-electron chi connectivity index (χ2n) is 10.1. The fraction of sp³-hybridized carbons (Fsp3) is 0.143. The molecule has 1 aliphatic rings. The Labute approximate surface area is 250 Å². The lowest BCUT2D eigenvalue weighted by Gasteiger charge is -2.15. The lowest BCUT2D eigenvalue weighted by Crippen LogP contribution is -2.23. The van der Waals surface area contributed by atoms with Crippen LogP contribution in [0.4, 0.5) is 0 Å². The molecule has 0 fully saturated rings. The largest absolute Gasteiger partial charge is 0.485 e. The highest BCUT2D eigenvalue weighted by Gasteiger charge is 2.17. The minimum absolute atomic E-state index is 0.247. The zero-order chi connectivity index (χ0) is 29.6. The summed E-state index contributed by atoms with van der Waals surface area (Å²) in [5, 5.41) is 9.56. The molecule has 0 saturated heterocycles. The van der Waals surface area contributed by atoms with Crippen molar-refractivity contribution in [2.75, 3.05) is 20.1 Å². The number of aromatic nitrogens is 2. The first kappa shape index (κ1) is 27.5. The third-order valence-electron chi connectivity index (χ3n) is 6.89. The fourth-order valence-corrected chi connectivity index (χ4v) is 4.63. The van der Waals surface area contributed by atoms with Gasteiger partial charge in [0.25, 0.3) is 0 Å². The Morgan fingerprint density at radius 2 is 1.58 bits per heavy atom. The third kappa shape index (κ3) is 6.63. The Morgan fingerprint density at radius 1 is 0.791 bits per heavy atom. The van der Waals surface area contributed by atoms with Gasteiger partial charge in [-0.05, 0) is 36.8 Å². The molecule has 0 amide bonds. The number of nitrogens with zero attached hydrogens (tertiary/aromatic N) is 5. The Kier molecular flexibility index (Phi) is 7.96. The number of ether oxygens (including phenoxy) is 3. The van der Waals surface area contributed by atoms with Crippen molar-refractivity contribution in [1.29, 1.82) is 5.26 Å². The zero-order valence-corrected chi connectivity index (χ0v) is 23.9. The summed E-state index contributed by atoms with van der Waals surface area (Å²) in [7, 11) is 2.03. The molecule has 0 aliphatic carbocycles. The second kappa shape index (κ2) is 12.5. The maximum absolute atomic E-state index is 9.56. The number of rotatable bonds is 9. The molecule has 0 spiro atoms. The highest BCUT2D eigenvalue weighted by atomic mass is 16.5. The molecule has 4 aromatic carbocycles. The lowest BCUT2D eigenvalue weighted by atomic mass is 10.1. The maximum Gasteiger partial charge on any atom is 0.226 e. The van der Waals surface area contributed by atoms with E-state index in [9.17, 15) is 5.26 Å². The van der Waals surface area contributed by atoms with E-state index in [1.54, 1.807) is 24.3 Å². The molecule has 0 radical (unpaired) electrons. The average Bonchev–Trinajstić information content (AvgIpc) is 3.47. The third-order valence-corrected chi connectivity index (χ3v) is 6.89. The van der Waals surface area contributed by atoms with E-state index in [1.165, 1.54) is 0 Å². The summed E-state index contributed by atoms with van der Waals surface area (Å²) >= 11 is 0. The van der Waals surface area contributed by atoms with Gasteiger partial charge in [-0.3, -0.25) is 4.99 Å². The van der Waals surface area contributed by atoms with Crippen LogP contribution in [0.15, 0.2) is 108 Å². The van der Waals surface area contributed by atoms with Crippen LogP contribution in [0.1, 0.15) is 22.3 Å². The predicted octanol–water partition coefficient (Wildman–Crippen LogP) is 7.18. The molecule has 0 N–H and O–H groups in total. The van der Waals surface area contributed by atoms with Gasteiger partial charge in [0, 0.05) is 30.8 Å². The maximum atomic E-state index is 9.56. The molecule has 2 heterocycles. The lowest BCUT2D eigenvalue weighted by molar-refractivity contribution is 0.290. The minimum atomic E-state index is 0.247. The summed E-state index contributed by atoms with van der Waals surface area (Å²) in [6.45, 7) is 4.02. The van der Waals surface area contributed by atoms with Crippen molar-refractivity contribution >= 4 is 5.84 Å². The SMILES string of the molecule is Cc1ccc(-c2nc(Oc3cccc(C4=NCCN4C)c3)cc(Oc3cc(C#N)ccc3OCc3ccccc3)n2)cc1. The van der Waals surface area contributed by atoms with E-state index in [-0.39, 0.29) is 5.88 Å². The van der Waals surface area contributed by atoms with E-state index < -0.39 is 0 Å². The van der Waals surface area contributed by atoms with Gasteiger partial charge in [0.05, 0.1) is 24.2 Å². The Balaban J connectivity index is 1.34. The first-order valence-corrected chi connectivity index (χ1v) is 13.9. The van der Waals surface area contributed by atoms with E-state index in [1.807, 2.05) is 92.8 Å². The van der Waals surface area contributed by atoms with Crippen LogP contribution < -0.4 is 14.2 Å². The van der Waals surface area contributed by atoms with E-state index in [0.29, 0.717) is 41.1 Å². The molecule has 1 aliphatic heterocycles. The predicted molar refractivity (Wildman–Crippen MR) is 165 cm³/mol. The minimum Gasteiger partial charge on any atom is -0.485 e. The van der Waals surface area contributed by atoms with Crippen LogP contribution >= 0.6 is 0 Å². The average molecular weight is 568 g/mol. The quantitative estimate of drug-likeness (QED) is 0.186. The summed E-state index contributed by atoms with van der Waals surface area (Å²) in [4.78, 5) is 16.1. The van der Waals surface area contributed by atoms with Crippen LogP contribution in [-0.2, 0) is 6.61 Å². The molecule has 1 aromatic heterocycles. The van der Waals surface area contributed by atoms with E-state index >= 15 is 0 Å². The molecule has 5 aromatic rings. The van der Waals surface area contributed by atoms with Gasteiger partial charge < -0.3 is 19.1 Å². The summed E-state index contributed by atoms with van der Waals surface area (Å²) in [6, 6.07) is 34.4. The van der Waals surface area contributed by atoms with E-state index in [4.69, 9.17) is 24.2 Å². The standard InChI is InChI=1S/C35H29N5O3/c1-24-11-14-27(15-12-24)34-38-32(42-29-10-6-9-28(20-29)35-37-17-18-40(35)2)21-33(39-34)43-31-19-26(22-36)13-16-30(31)41-23-25-7-4-3-5-8-25/h3-16,19-21H,17-18,23H2,1-2H3. The molecule has 0 unspecified atom stereocenters. The number of nitriles is 1. The fourth-order valence-electron chi connectivity index (χ4n) is 4.63. The molecule has 8 heteroatoms. The van der Waals surface area contributed by atoms with Crippen molar-refractivity contribution in [3.05, 3.63) is 125 Å². The van der Waals surface area contributed by atoms with Gasteiger partial charge in [-0.15, -0.1) is 0 Å². The van der Waals surface area contributed by atoms with Gasteiger partial charge in [0.2, 0.25) is 11.8 Å². The summed E-state index contributed by atoms with van der Waals surface area (Å²) < 4.78 is 18.7. The number of amidine groups is 1. The van der Waals surface area contributed by atoms with Crippen molar-refractivity contribution in [2.45, 2.75) is 13.5 Å². The Bertz CT molecular complexity index is 1810. The Morgan fingerprint density at radius 3 is 2.33 bits per heavy atom. The Hall–Kier alpha value is -5.68. The normalized spacial score (nSPS) is 12.4. The highest BCUT2D eigenvalue weighted by molar-refractivity contribution is 5.99. The zero-order valence-electron chi connectivity index (χ0n) is 23.9. The molecule has 0 bridgehead atoms. The molecular formula is C35H29N5O3. The van der Waals surface area contributed by atoms with Crippen molar-refractivity contribution < 1.29 is 14.2 Å². The number of aryl methyl sites for hydroxylation is 1. The monoisotopic (exact) mass is 567 g/mol. The number of likely N-dealkylation sites (N-methyl/N-ethyl adjacent to an activating group) is 1. The number of hydrogen-bond donors (Lipinski definition) is 0. The van der Waals surface area contributed by atoms with Gasteiger partial charge in [-0.25, -0.2) is 0 Å². The van der Waals surface area contributed by atoms with Gasteiger partial charge >= 0.3 is 0 Å². The molecular weight excluding hydrogens is 538 g/mol. The first-order chi connectivity index (χ1) is 21.0. The molecule has 6 rings (SSSR count). The van der Waals surface area contributed by atoms with E-state index in [2.05, 4.69) is 16.0 Å². The first-order valence-electron chi connectivity index (χ1n) is 13.9. The van der Waals surface area contributed by atoms with Gasteiger partial charge in [0.15, 0.2) is 17.3 Å². The summed E-state index contributed by atoms with van der Waals surface area (Å²) in [6.07, 6.45) is 0. The van der Waals surface area contributed by atoms with Crippen LogP contribution in [0.25, 0.3) is 11.4 Å². The van der Waals surface area contributed by atoms with Crippen molar-refractivity contribution in [3.8, 4) is 46.5 Å². The molecule has 0 atom stereocenters. The van der Waals surface area contributed by atoms with Gasteiger partial charge in [0.1, 0.15) is 18.2 Å². The van der Waals surface area contributed by atoms with Crippen LogP contribution in [0.5, 0.6) is 29.0 Å². The van der Waals surface area contributed by atoms with E-state index in [0.717, 1.165) is 41.2 Å². The number of aliphatic imine (C=N–C) groups is 1. The van der Waals surface area contributed by atoms with Crippen molar-refractivity contribution in [2.24, 2.45) is 4.99 Å². The van der Waals surface area contributed by atoms with Crippen LogP contribution in [0.2, 0.25) is 0 Å². The van der Waals surface area contributed by atoms with Gasteiger partial charge in [-0.2, -0.15) is 15.2 Å². The van der Waals surface area contributed by atoms with Crippen LogP contribution in [0, 0.1) is 18.3 Å². The molecule has 212 valence electrons. The van der Waals surface area contributed by atoms with Crippen molar-refractivity contribution in [3.63, 3.8) is 0 Å². The molecule has 43 heavy (non-hydrogen) atoms. The molecule has 8 nitrogen and oxygen atoms in total. The van der Waals surface area contributed by atoms with Crippen molar-refractivity contribution in [1.82, 2.24) is 14.9 Å². The van der Waals surface area contributed by atoms with Crippen LogP contribution in [-0.4, -0.2) is 40.8 Å². The second-order valence-corrected chi connectivity index (χ2v) is 10.1. The highest BCUT2D eigenvalue weighted by Crippen LogP contribution is 2.35. The summed E-state index contributed by atoms with van der Waals surface area (Å²) in [5.74, 6) is 3.37. The molecule has 0 saturated carbocycles.